The number of nitrogens with one attached hydrogen (secondary N) is 5. The third kappa shape index (κ3) is 15.3. The lowest BCUT2D eigenvalue weighted by molar-refractivity contribution is -0.134. The number of rotatable bonds is 19. The number of aliphatic hydroxyl groups excluding tert-OH is 1. The van der Waals surface area contributed by atoms with Crippen molar-refractivity contribution in [1.82, 2.24) is 26.6 Å². The minimum Gasteiger partial charge on any atom is -0.390 e. The highest BCUT2D eigenvalue weighted by Gasteiger charge is 2.32. The van der Waals surface area contributed by atoms with E-state index in [2.05, 4.69) is 26.6 Å². The molecule has 15 nitrogen and oxygen atoms in total. The Morgan fingerprint density at radius 3 is 1.70 bits per heavy atom. The molecule has 7 amide bonds. The number of hydrogen-bond donors (Lipinski definition) is 8. The smallest absolute Gasteiger partial charge is 0.243 e. The fourth-order valence-corrected chi connectivity index (χ4v) is 4.22. The van der Waals surface area contributed by atoms with E-state index in [-0.39, 0.29) is 37.0 Å². The number of nitrogens with two attached hydrogens (primary N) is 2. The minimum absolute atomic E-state index is 0.00168. The molecule has 0 aliphatic heterocycles. The van der Waals surface area contributed by atoms with Crippen LogP contribution in [-0.2, 0) is 33.6 Å². The molecule has 0 rings (SSSR count). The van der Waals surface area contributed by atoms with Gasteiger partial charge in [-0.05, 0) is 37.5 Å². The van der Waals surface area contributed by atoms with Crippen molar-refractivity contribution in [2.75, 3.05) is 0 Å². The number of carbonyl (C=O) groups excluding carboxylic acids is 7. The zero-order valence-electron chi connectivity index (χ0n) is 26.5. The Kier molecular flexibility index (Phi) is 17.1. The van der Waals surface area contributed by atoms with Gasteiger partial charge in [0, 0.05) is 13.3 Å². The van der Waals surface area contributed by atoms with Gasteiger partial charge in [0.1, 0.15) is 24.2 Å². The van der Waals surface area contributed by atoms with Crippen molar-refractivity contribution in [1.29, 1.82) is 0 Å². The van der Waals surface area contributed by atoms with Crippen LogP contribution in [0.15, 0.2) is 0 Å². The van der Waals surface area contributed by atoms with Crippen molar-refractivity contribution in [3.05, 3.63) is 0 Å². The molecule has 0 saturated heterocycles. The Bertz CT molecular complexity index is 1000. The van der Waals surface area contributed by atoms with Crippen LogP contribution in [0.2, 0.25) is 0 Å². The molecule has 0 aliphatic carbocycles. The number of carbonyl (C=O) groups is 7. The van der Waals surface area contributed by atoms with Crippen molar-refractivity contribution >= 4 is 41.4 Å². The Balaban J connectivity index is 5.47. The molecule has 0 spiro atoms. The minimum atomic E-state index is -1.35. The standard InChI is InChI=1S/C28H51N7O8/c1-13(2)11-19(33-26(41)16(7)31-27(42)18(32-17(8)36)9-10-21(29)38)20(37)12-22(39)34-24(15(5)6)28(43)35-23(14(3)4)25(30)40/h13-16,18-20,23-24,37H,9-12H2,1-8H3,(H2,29,38)(H2,30,40)(H,31,42)(H,32,36)(H,33,41)(H,34,39)(H,35,43)/t16-,18-,19-,20-,23-,24-/m0/s1. The highest BCUT2D eigenvalue weighted by atomic mass is 16.3. The SMILES string of the molecule is CC(=O)N[C@@H](CCC(N)=O)C(=O)N[C@@H](C)C(=O)N[C@@H](CC(C)C)[C@@H](O)CC(=O)N[C@H](C(=O)N[C@H](C(N)=O)C(C)C)C(C)C. The summed E-state index contributed by atoms with van der Waals surface area (Å²) >= 11 is 0. The molecular weight excluding hydrogens is 562 g/mol. The van der Waals surface area contributed by atoms with Gasteiger partial charge in [-0.3, -0.25) is 33.6 Å². The number of primary amides is 2. The van der Waals surface area contributed by atoms with Gasteiger partial charge in [0.05, 0.1) is 18.6 Å². The Morgan fingerprint density at radius 1 is 0.698 bits per heavy atom. The first-order chi connectivity index (χ1) is 19.8. The zero-order chi connectivity index (χ0) is 33.6. The van der Waals surface area contributed by atoms with Crippen molar-refractivity contribution in [3.8, 4) is 0 Å². The van der Waals surface area contributed by atoms with Gasteiger partial charge in [-0.25, -0.2) is 0 Å². The number of hydrogen-bond acceptors (Lipinski definition) is 8. The summed E-state index contributed by atoms with van der Waals surface area (Å²) in [5.41, 5.74) is 10.5. The number of amides is 7. The second-order valence-electron chi connectivity index (χ2n) is 11.9. The molecule has 10 N–H and O–H groups in total. The Labute approximate surface area is 253 Å². The first kappa shape index (κ1) is 39.2. The van der Waals surface area contributed by atoms with E-state index in [1.54, 1.807) is 27.7 Å². The average Bonchev–Trinajstić information content (AvgIpc) is 2.86. The van der Waals surface area contributed by atoms with Crippen molar-refractivity contribution in [2.45, 2.75) is 117 Å². The third-order valence-electron chi connectivity index (χ3n) is 6.57. The summed E-state index contributed by atoms with van der Waals surface area (Å²) in [7, 11) is 0. The summed E-state index contributed by atoms with van der Waals surface area (Å²) in [5, 5.41) is 23.6. The monoisotopic (exact) mass is 613 g/mol. The van der Waals surface area contributed by atoms with E-state index in [0.717, 1.165) is 0 Å². The first-order valence-electron chi connectivity index (χ1n) is 14.5. The van der Waals surface area contributed by atoms with Crippen LogP contribution >= 0.6 is 0 Å². The second-order valence-corrected chi connectivity index (χ2v) is 11.9. The second kappa shape index (κ2) is 18.7. The summed E-state index contributed by atoms with van der Waals surface area (Å²) in [6, 6.07) is -5.02. The molecule has 0 fully saturated rings. The highest BCUT2D eigenvalue weighted by Crippen LogP contribution is 2.13. The molecule has 15 heteroatoms. The molecule has 0 aromatic carbocycles. The summed E-state index contributed by atoms with van der Waals surface area (Å²) in [6.45, 7) is 13.2. The van der Waals surface area contributed by atoms with Crippen LogP contribution < -0.4 is 38.1 Å². The van der Waals surface area contributed by atoms with Crippen LogP contribution in [0.5, 0.6) is 0 Å². The molecule has 0 aliphatic rings. The van der Waals surface area contributed by atoms with Gasteiger partial charge >= 0.3 is 0 Å². The first-order valence-corrected chi connectivity index (χ1v) is 14.5. The van der Waals surface area contributed by atoms with Crippen molar-refractivity contribution in [2.24, 2.45) is 29.2 Å². The molecule has 0 aromatic heterocycles. The summed E-state index contributed by atoms with van der Waals surface area (Å²) in [4.78, 5) is 85.7. The molecule has 246 valence electrons. The largest absolute Gasteiger partial charge is 0.390 e. The predicted octanol–water partition coefficient (Wildman–Crippen LogP) is -1.69. The lowest BCUT2D eigenvalue weighted by Gasteiger charge is -2.29. The summed E-state index contributed by atoms with van der Waals surface area (Å²) < 4.78 is 0. The molecular formula is C28H51N7O8. The fourth-order valence-electron chi connectivity index (χ4n) is 4.22. The third-order valence-corrected chi connectivity index (χ3v) is 6.57. The molecule has 0 bridgehead atoms. The van der Waals surface area contributed by atoms with Crippen LogP contribution in [-0.4, -0.2) is 82.8 Å². The van der Waals surface area contributed by atoms with E-state index in [1.807, 2.05) is 13.8 Å². The van der Waals surface area contributed by atoms with E-state index in [9.17, 15) is 38.7 Å². The van der Waals surface area contributed by atoms with Gasteiger partial charge < -0.3 is 43.2 Å². The van der Waals surface area contributed by atoms with Crippen molar-refractivity contribution < 1.29 is 38.7 Å². The van der Waals surface area contributed by atoms with Gasteiger partial charge in [-0.15, -0.1) is 0 Å². The van der Waals surface area contributed by atoms with E-state index >= 15 is 0 Å². The predicted molar refractivity (Wildman–Crippen MR) is 158 cm³/mol. The van der Waals surface area contributed by atoms with Gasteiger partial charge in [0.2, 0.25) is 41.4 Å². The van der Waals surface area contributed by atoms with Crippen LogP contribution in [0.3, 0.4) is 0 Å². The zero-order valence-corrected chi connectivity index (χ0v) is 26.5. The van der Waals surface area contributed by atoms with Gasteiger partial charge in [-0.2, -0.15) is 0 Å². The van der Waals surface area contributed by atoms with Gasteiger partial charge in [0.25, 0.3) is 0 Å². The maximum atomic E-state index is 13.0. The van der Waals surface area contributed by atoms with Gasteiger partial charge in [0.15, 0.2) is 0 Å². The molecule has 0 unspecified atom stereocenters. The van der Waals surface area contributed by atoms with E-state index < -0.39 is 84.1 Å². The van der Waals surface area contributed by atoms with Crippen molar-refractivity contribution in [3.63, 3.8) is 0 Å². The molecule has 0 saturated carbocycles. The maximum Gasteiger partial charge on any atom is 0.243 e. The molecule has 0 radical (unpaired) electrons. The summed E-state index contributed by atoms with van der Waals surface area (Å²) in [5.74, 6) is -5.11. The Morgan fingerprint density at radius 2 is 1.26 bits per heavy atom. The molecule has 0 heterocycles. The van der Waals surface area contributed by atoms with E-state index in [4.69, 9.17) is 11.5 Å². The van der Waals surface area contributed by atoms with E-state index in [1.165, 1.54) is 13.8 Å². The van der Waals surface area contributed by atoms with E-state index in [0.29, 0.717) is 0 Å². The van der Waals surface area contributed by atoms with Crippen LogP contribution in [0.4, 0.5) is 0 Å². The summed E-state index contributed by atoms with van der Waals surface area (Å²) in [6.07, 6.45) is -1.73. The Hall–Kier alpha value is -3.75. The average molecular weight is 614 g/mol. The van der Waals surface area contributed by atoms with Gasteiger partial charge in [-0.1, -0.05) is 41.5 Å². The quantitative estimate of drug-likeness (QED) is 0.0832. The topological polar surface area (TPSA) is 252 Å². The lowest BCUT2D eigenvalue weighted by atomic mass is 9.96. The number of aliphatic hydroxyl groups is 1. The van der Waals surface area contributed by atoms with Crippen LogP contribution in [0, 0.1) is 17.8 Å². The lowest BCUT2D eigenvalue weighted by Crippen LogP contribution is -2.57. The normalized spacial score (nSPS) is 15.4. The maximum absolute atomic E-state index is 13.0. The fraction of sp³-hybridized carbons (Fsp3) is 0.750. The van der Waals surface area contributed by atoms with Crippen LogP contribution in [0.1, 0.15) is 81.1 Å². The molecule has 0 aromatic rings. The van der Waals surface area contributed by atoms with Crippen LogP contribution in [0.25, 0.3) is 0 Å². The molecule has 6 atom stereocenters. The highest BCUT2D eigenvalue weighted by molar-refractivity contribution is 5.93. The molecule has 43 heavy (non-hydrogen) atoms.